The van der Waals surface area contributed by atoms with Gasteiger partial charge in [-0.05, 0) is 25.0 Å². The molecule has 0 bridgehead atoms. The van der Waals surface area contributed by atoms with Crippen LogP contribution in [0.5, 0.6) is 5.75 Å². The highest BCUT2D eigenvalue weighted by molar-refractivity contribution is 6.32. The second-order valence-corrected chi connectivity index (χ2v) is 5.27. The highest BCUT2D eigenvalue weighted by Gasteiger charge is 2.37. The summed E-state index contributed by atoms with van der Waals surface area (Å²) >= 11 is 6.09. The lowest BCUT2D eigenvalue weighted by molar-refractivity contribution is -0.138. The summed E-state index contributed by atoms with van der Waals surface area (Å²) in [5.41, 5.74) is -1.36. The number of phenolic OH excluding ortho intramolecular Hbond substituents is 1. The van der Waals surface area contributed by atoms with Crippen molar-refractivity contribution in [1.82, 2.24) is 0 Å². The second-order valence-electron chi connectivity index (χ2n) is 4.86. The van der Waals surface area contributed by atoms with Crippen LogP contribution in [0.2, 0.25) is 5.02 Å². The van der Waals surface area contributed by atoms with Gasteiger partial charge in [-0.3, -0.25) is 4.79 Å². The minimum absolute atomic E-state index is 0.00580. The molecule has 0 heterocycles. The molecule has 2 N–H and O–H groups in total. The molecule has 0 aromatic heterocycles. The Hall–Kier alpha value is -1.58. The topological polar surface area (TPSA) is 57.5 Å². The number of carbonyl (C=O) groups excluding carboxylic acids is 1. The molecule has 114 valence electrons. The first kappa shape index (κ1) is 17.5. The van der Waals surface area contributed by atoms with Crippen molar-refractivity contribution in [2.45, 2.75) is 38.2 Å². The van der Waals surface area contributed by atoms with Gasteiger partial charge in [0.15, 0.2) is 11.4 Å². The lowest BCUT2D eigenvalue weighted by atomic mass is 9.84. The first-order valence-corrected chi connectivity index (χ1v) is 7.34. The average molecular weight is 309 g/mol. The zero-order chi connectivity index (χ0) is 15.9. The minimum atomic E-state index is -1.68. The van der Waals surface area contributed by atoms with Crippen molar-refractivity contribution in [3.8, 4) is 5.75 Å². The molecular formula is C17H21ClO3. The number of phenols is 1. The van der Waals surface area contributed by atoms with Crippen LogP contribution in [0.1, 0.15) is 38.2 Å². The molecule has 0 fully saturated rings. The minimum Gasteiger partial charge on any atom is -0.508 e. The fraction of sp³-hybridized carbons (Fsp3) is 0.353. The van der Waals surface area contributed by atoms with Gasteiger partial charge in [0.2, 0.25) is 0 Å². The fourth-order valence-corrected chi connectivity index (χ4v) is 2.41. The zero-order valence-corrected chi connectivity index (χ0v) is 12.9. The number of halogens is 1. The molecule has 1 atom stereocenters. The van der Waals surface area contributed by atoms with Gasteiger partial charge in [-0.2, -0.15) is 0 Å². The van der Waals surface area contributed by atoms with E-state index in [9.17, 15) is 15.0 Å². The molecule has 0 radical (unpaired) electrons. The maximum Gasteiger partial charge on any atom is 0.169 e. The van der Waals surface area contributed by atoms with Gasteiger partial charge < -0.3 is 10.2 Å². The van der Waals surface area contributed by atoms with E-state index in [1.165, 1.54) is 18.2 Å². The van der Waals surface area contributed by atoms with Crippen LogP contribution < -0.4 is 0 Å². The molecule has 1 aromatic carbocycles. The van der Waals surface area contributed by atoms with Crippen molar-refractivity contribution < 1.29 is 15.0 Å². The lowest BCUT2D eigenvalue weighted by Gasteiger charge is -2.27. The summed E-state index contributed by atoms with van der Waals surface area (Å²) in [5.74, 6) is -0.315. The molecule has 4 heteroatoms. The summed E-state index contributed by atoms with van der Waals surface area (Å²) in [6, 6.07) is 4.23. The SMILES string of the molecule is C=CCCC(=O)C(O)(C/C=C/CC)c1ccc(O)cc1Cl. The molecule has 0 saturated heterocycles. The van der Waals surface area contributed by atoms with Gasteiger partial charge in [-0.1, -0.05) is 42.8 Å². The third-order valence-corrected chi connectivity index (χ3v) is 3.56. The number of rotatable bonds is 8. The number of carbonyl (C=O) groups is 1. The Morgan fingerprint density at radius 3 is 2.71 bits per heavy atom. The summed E-state index contributed by atoms with van der Waals surface area (Å²) in [4.78, 5) is 12.4. The molecule has 0 aliphatic heterocycles. The van der Waals surface area contributed by atoms with E-state index < -0.39 is 5.60 Å². The molecule has 1 unspecified atom stereocenters. The molecule has 21 heavy (non-hydrogen) atoms. The Morgan fingerprint density at radius 1 is 1.43 bits per heavy atom. The van der Waals surface area contributed by atoms with Crippen LogP contribution in [0.25, 0.3) is 0 Å². The Labute approximate surface area is 130 Å². The van der Waals surface area contributed by atoms with E-state index in [0.717, 1.165) is 6.42 Å². The Morgan fingerprint density at radius 2 is 2.14 bits per heavy atom. The number of hydrogen-bond donors (Lipinski definition) is 2. The molecule has 0 aliphatic rings. The molecule has 3 nitrogen and oxygen atoms in total. The van der Waals surface area contributed by atoms with Crippen molar-refractivity contribution in [2.75, 3.05) is 0 Å². The average Bonchev–Trinajstić information content (AvgIpc) is 2.44. The summed E-state index contributed by atoms with van der Waals surface area (Å²) in [7, 11) is 0. The molecule has 0 amide bonds. The van der Waals surface area contributed by atoms with Crippen LogP contribution in [0.15, 0.2) is 43.0 Å². The van der Waals surface area contributed by atoms with Gasteiger partial charge in [0, 0.05) is 18.4 Å². The predicted octanol–water partition coefficient (Wildman–Crippen LogP) is 4.12. The van der Waals surface area contributed by atoms with Crippen molar-refractivity contribution >= 4 is 17.4 Å². The molecule has 0 spiro atoms. The van der Waals surface area contributed by atoms with Crippen molar-refractivity contribution in [1.29, 1.82) is 0 Å². The Kier molecular flexibility index (Phi) is 6.66. The van der Waals surface area contributed by atoms with E-state index >= 15 is 0 Å². The summed E-state index contributed by atoms with van der Waals surface area (Å²) in [5, 5.41) is 20.5. The number of allylic oxidation sites excluding steroid dienone is 2. The van der Waals surface area contributed by atoms with Crippen LogP contribution in [0, 0.1) is 0 Å². The second kappa shape index (κ2) is 8.01. The van der Waals surface area contributed by atoms with Gasteiger partial charge in [0.1, 0.15) is 5.75 Å². The summed E-state index contributed by atoms with van der Waals surface area (Å²) in [6.07, 6.45) is 6.96. The Bertz CT molecular complexity index is 537. The number of benzene rings is 1. The van der Waals surface area contributed by atoms with Crippen molar-refractivity contribution in [3.63, 3.8) is 0 Å². The number of aromatic hydroxyl groups is 1. The monoisotopic (exact) mass is 308 g/mol. The first-order valence-electron chi connectivity index (χ1n) is 6.96. The lowest BCUT2D eigenvalue weighted by Crippen LogP contribution is -2.35. The van der Waals surface area contributed by atoms with Crippen LogP contribution >= 0.6 is 11.6 Å². The smallest absolute Gasteiger partial charge is 0.169 e. The molecule has 0 saturated carbocycles. The third-order valence-electron chi connectivity index (χ3n) is 3.25. The normalized spacial score (nSPS) is 14.0. The van der Waals surface area contributed by atoms with E-state index in [2.05, 4.69) is 6.58 Å². The largest absolute Gasteiger partial charge is 0.508 e. The number of aliphatic hydroxyl groups is 1. The van der Waals surface area contributed by atoms with Crippen molar-refractivity contribution in [2.24, 2.45) is 0 Å². The summed E-state index contributed by atoms with van der Waals surface area (Å²) < 4.78 is 0. The maximum absolute atomic E-state index is 12.4. The summed E-state index contributed by atoms with van der Waals surface area (Å²) in [6.45, 7) is 5.56. The fourth-order valence-electron chi connectivity index (χ4n) is 2.07. The standard InChI is InChI=1S/C17H21ClO3/c1-3-5-7-11-17(21,16(20)8-6-4-2)14-10-9-13(19)12-15(14)18/h4-5,7,9-10,12,19,21H,2-3,6,8,11H2,1H3/b7-5+. The van der Waals surface area contributed by atoms with E-state index in [0.29, 0.717) is 12.0 Å². The van der Waals surface area contributed by atoms with Gasteiger partial charge in [-0.15, -0.1) is 6.58 Å². The molecule has 1 aromatic rings. The number of ketones is 1. The van der Waals surface area contributed by atoms with Gasteiger partial charge in [-0.25, -0.2) is 0 Å². The molecular weight excluding hydrogens is 288 g/mol. The first-order chi connectivity index (χ1) is 9.95. The van der Waals surface area contributed by atoms with Crippen LogP contribution in [0.4, 0.5) is 0 Å². The van der Waals surface area contributed by atoms with Crippen molar-refractivity contribution in [3.05, 3.63) is 53.6 Å². The van der Waals surface area contributed by atoms with E-state index in [-0.39, 0.29) is 29.4 Å². The maximum atomic E-state index is 12.4. The van der Waals surface area contributed by atoms with E-state index in [1.807, 2.05) is 13.0 Å². The number of hydrogen-bond acceptors (Lipinski definition) is 3. The zero-order valence-electron chi connectivity index (χ0n) is 12.2. The van der Waals surface area contributed by atoms with Gasteiger partial charge >= 0.3 is 0 Å². The van der Waals surface area contributed by atoms with Gasteiger partial charge in [0.25, 0.3) is 0 Å². The van der Waals surface area contributed by atoms with Crippen LogP contribution in [-0.4, -0.2) is 16.0 Å². The van der Waals surface area contributed by atoms with Crippen LogP contribution in [0.3, 0.4) is 0 Å². The van der Waals surface area contributed by atoms with E-state index in [1.54, 1.807) is 12.2 Å². The van der Waals surface area contributed by atoms with Gasteiger partial charge in [0.05, 0.1) is 5.02 Å². The van der Waals surface area contributed by atoms with Crippen LogP contribution in [-0.2, 0) is 10.4 Å². The number of Topliss-reactive ketones (excluding diaryl/α,β-unsaturated/α-hetero) is 1. The highest BCUT2D eigenvalue weighted by Crippen LogP contribution is 2.35. The predicted molar refractivity (Wildman–Crippen MR) is 85.5 cm³/mol. The quantitative estimate of drug-likeness (QED) is 0.710. The molecule has 0 aliphatic carbocycles. The highest BCUT2D eigenvalue weighted by atomic mass is 35.5. The van der Waals surface area contributed by atoms with E-state index in [4.69, 9.17) is 11.6 Å². The Balaban J connectivity index is 3.19. The third kappa shape index (κ3) is 4.45. The molecule has 1 rings (SSSR count).